The number of carbonyl (C=O) groups excluding carboxylic acids is 3. The summed E-state index contributed by atoms with van der Waals surface area (Å²) in [7, 11) is 1.53. The zero-order valence-corrected chi connectivity index (χ0v) is 12.2. The van der Waals surface area contributed by atoms with Crippen LogP contribution in [0.1, 0.15) is 41.1 Å². The van der Waals surface area contributed by atoms with Gasteiger partial charge in [-0.25, -0.2) is 4.79 Å². The van der Waals surface area contributed by atoms with E-state index in [1.54, 1.807) is 0 Å². The minimum absolute atomic E-state index is 0.111. The molecule has 0 aliphatic rings. The Labute approximate surface area is 122 Å². The van der Waals surface area contributed by atoms with Crippen LogP contribution >= 0.6 is 0 Å². The van der Waals surface area contributed by atoms with E-state index in [1.165, 1.54) is 38.1 Å². The van der Waals surface area contributed by atoms with Crippen molar-refractivity contribution in [3.63, 3.8) is 0 Å². The fourth-order valence-corrected chi connectivity index (χ4v) is 1.63. The highest BCUT2D eigenvalue weighted by Crippen LogP contribution is 2.08. The Balaban J connectivity index is 2.62. The van der Waals surface area contributed by atoms with Crippen molar-refractivity contribution < 1.29 is 19.1 Å². The average Bonchev–Trinajstić information content (AvgIpc) is 2.93. The van der Waals surface area contributed by atoms with Crippen LogP contribution in [0.2, 0.25) is 0 Å². The zero-order chi connectivity index (χ0) is 16.0. The molecule has 0 saturated carbocycles. The predicted octanol–water partition coefficient (Wildman–Crippen LogP) is 1.13. The van der Waals surface area contributed by atoms with Crippen LogP contribution in [0.3, 0.4) is 0 Å². The summed E-state index contributed by atoms with van der Waals surface area (Å²) in [5.74, 6) is -1.28. The predicted molar refractivity (Wildman–Crippen MR) is 73.5 cm³/mol. The maximum absolute atomic E-state index is 11.9. The van der Waals surface area contributed by atoms with Crippen molar-refractivity contribution in [1.29, 1.82) is 5.26 Å². The smallest absolute Gasteiger partial charge is 0.355 e. The van der Waals surface area contributed by atoms with Crippen molar-refractivity contribution in [2.24, 2.45) is 0 Å². The standard InChI is InChI=1S/C14H17N3O4/c1-9(18)11-7-12(16-8-11)14(20)21-10(2)13(19)17(3)6-4-5-15/h7-8,10,16H,4,6H2,1-3H3/t10-/m1/s1. The van der Waals surface area contributed by atoms with Crippen molar-refractivity contribution in [3.05, 3.63) is 23.5 Å². The number of esters is 1. The molecule has 0 unspecified atom stereocenters. The Morgan fingerprint density at radius 1 is 1.48 bits per heavy atom. The van der Waals surface area contributed by atoms with Crippen molar-refractivity contribution >= 4 is 17.7 Å². The third kappa shape index (κ3) is 4.45. The van der Waals surface area contributed by atoms with Gasteiger partial charge >= 0.3 is 5.97 Å². The molecule has 1 N–H and O–H groups in total. The molecule has 0 aliphatic carbocycles. The van der Waals surface area contributed by atoms with Crippen molar-refractivity contribution in [1.82, 2.24) is 9.88 Å². The number of nitriles is 1. The lowest BCUT2D eigenvalue weighted by molar-refractivity contribution is -0.138. The molecule has 1 aromatic rings. The van der Waals surface area contributed by atoms with Gasteiger partial charge in [-0.05, 0) is 19.9 Å². The lowest BCUT2D eigenvalue weighted by Gasteiger charge is -2.20. The summed E-state index contributed by atoms with van der Waals surface area (Å²) in [5, 5.41) is 8.47. The van der Waals surface area contributed by atoms with E-state index in [0.717, 1.165) is 0 Å². The number of likely N-dealkylation sites (N-methyl/N-ethyl adjacent to an activating group) is 1. The van der Waals surface area contributed by atoms with Crippen molar-refractivity contribution in [3.8, 4) is 6.07 Å². The molecule has 0 saturated heterocycles. The monoisotopic (exact) mass is 291 g/mol. The van der Waals surface area contributed by atoms with E-state index in [0.29, 0.717) is 5.56 Å². The van der Waals surface area contributed by atoms with Gasteiger partial charge in [0.05, 0.1) is 12.5 Å². The number of amides is 1. The highest BCUT2D eigenvalue weighted by molar-refractivity contribution is 5.98. The van der Waals surface area contributed by atoms with Crippen LogP contribution in [0.25, 0.3) is 0 Å². The Morgan fingerprint density at radius 3 is 2.67 bits per heavy atom. The number of rotatable bonds is 6. The number of nitrogens with zero attached hydrogens (tertiary/aromatic N) is 2. The molecule has 0 fully saturated rings. The number of hydrogen-bond acceptors (Lipinski definition) is 5. The molecule has 0 bridgehead atoms. The summed E-state index contributed by atoms with van der Waals surface area (Å²) in [5.41, 5.74) is 0.478. The van der Waals surface area contributed by atoms with Crippen LogP contribution in [0.15, 0.2) is 12.3 Å². The number of aromatic nitrogens is 1. The van der Waals surface area contributed by atoms with Crippen LogP contribution in [0.5, 0.6) is 0 Å². The summed E-state index contributed by atoms with van der Waals surface area (Å²) in [6, 6.07) is 3.31. The minimum atomic E-state index is -0.967. The zero-order valence-electron chi connectivity index (χ0n) is 12.2. The Morgan fingerprint density at radius 2 is 2.14 bits per heavy atom. The molecule has 112 valence electrons. The van der Waals surface area contributed by atoms with E-state index < -0.39 is 18.0 Å². The average molecular weight is 291 g/mol. The molecule has 0 radical (unpaired) electrons. The van der Waals surface area contributed by atoms with Crippen LogP contribution in [0.4, 0.5) is 0 Å². The molecule has 7 nitrogen and oxygen atoms in total. The van der Waals surface area contributed by atoms with Crippen LogP contribution in [0, 0.1) is 11.3 Å². The summed E-state index contributed by atoms with van der Waals surface area (Å²) in [4.78, 5) is 38.9. The molecule has 1 amide bonds. The number of ether oxygens (including phenoxy) is 1. The lowest BCUT2D eigenvalue weighted by atomic mass is 10.2. The van der Waals surface area contributed by atoms with Gasteiger partial charge in [0.25, 0.3) is 5.91 Å². The van der Waals surface area contributed by atoms with Crippen molar-refractivity contribution in [2.45, 2.75) is 26.4 Å². The highest BCUT2D eigenvalue weighted by Gasteiger charge is 2.22. The van der Waals surface area contributed by atoms with E-state index in [-0.39, 0.29) is 24.4 Å². The minimum Gasteiger partial charge on any atom is -0.448 e. The summed E-state index contributed by atoms with van der Waals surface area (Å²) >= 11 is 0. The first kappa shape index (κ1) is 16.4. The number of nitrogens with one attached hydrogen (secondary N) is 1. The second-order valence-electron chi connectivity index (χ2n) is 4.57. The molecule has 1 atom stereocenters. The normalized spacial score (nSPS) is 11.3. The molecular formula is C14H17N3O4. The van der Waals surface area contributed by atoms with E-state index in [1.807, 2.05) is 6.07 Å². The first-order valence-electron chi connectivity index (χ1n) is 6.39. The Kier molecular flexibility index (Phi) is 5.67. The van der Waals surface area contributed by atoms with E-state index >= 15 is 0 Å². The number of hydrogen-bond donors (Lipinski definition) is 1. The topological polar surface area (TPSA) is 103 Å². The van der Waals surface area contributed by atoms with Gasteiger partial charge < -0.3 is 14.6 Å². The van der Waals surface area contributed by atoms with Crippen LogP contribution in [-0.2, 0) is 9.53 Å². The highest BCUT2D eigenvalue weighted by atomic mass is 16.5. The van der Waals surface area contributed by atoms with Gasteiger partial charge in [-0.15, -0.1) is 0 Å². The molecule has 0 spiro atoms. The summed E-state index contributed by atoms with van der Waals surface area (Å²) < 4.78 is 5.04. The molecule has 1 heterocycles. The maximum Gasteiger partial charge on any atom is 0.355 e. The third-order valence-corrected chi connectivity index (χ3v) is 2.88. The van der Waals surface area contributed by atoms with E-state index in [2.05, 4.69) is 4.98 Å². The molecule has 0 aromatic carbocycles. The quantitative estimate of drug-likeness (QED) is 0.625. The van der Waals surface area contributed by atoms with Gasteiger partial charge in [0, 0.05) is 25.4 Å². The molecular weight excluding hydrogens is 274 g/mol. The first-order chi connectivity index (χ1) is 9.86. The SMILES string of the molecule is CC(=O)c1c[nH]c(C(=O)O[C@H](C)C(=O)N(C)CCC#N)c1. The van der Waals surface area contributed by atoms with Gasteiger partial charge in [-0.2, -0.15) is 5.26 Å². The fraction of sp³-hybridized carbons (Fsp3) is 0.429. The van der Waals surface area contributed by atoms with Gasteiger partial charge in [-0.1, -0.05) is 0 Å². The second-order valence-corrected chi connectivity index (χ2v) is 4.57. The second kappa shape index (κ2) is 7.24. The third-order valence-electron chi connectivity index (χ3n) is 2.88. The number of H-pyrrole nitrogens is 1. The Hall–Kier alpha value is -2.62. The number of carbonyl (C=O) groups is 3. The lowest BCUT2D eigenvalue weighted by Crippen LogP contribution is -2.37. The number of aromatic amines is 1. The molecule has 21 heavy (non-hydrogen) atoms. The van der Waals surface area contributed by atoms with Gasteiger partial charge in [0.2, 0.25) is 0 Å². The van der Waals surface area contributed by atoms with Crippen LogP contribution in [-0.4, -0.2) is 47.2 Å². The van der Waals surface area contributed by atoms with Gasteiger partial charge in [0.1, 0.15) is 5.69 Å². The van der Waals surface area contributed by atoms with E-state index in [4.69, 9.17) is 10.00 Å². The summed E-state index contributed by atoms with van der Waals surface area (Å²) in [6.07, 6.45) is 0.650. The van der Waals surface area contributed by atoms with Gasteiger partial charge in [0.15, 0.2) is 11.9 Å². The molecule has 7 heteroatoms. The van der Waals surface area contributed by atoms with E-state index in [9.17, 15) is 14.4 Å². The number of ketones is 1. The molecule has 0 aliphatic heterocycles. The van der Waals surface area contributed by atoms with Crippen LogP contribution < -0.4 is 0 Å². The van der Waals surface area contributed by atoms with Crippen molar-refractivity contribution in [2.75, 3.05) is 13.6 Å². The summed E-state index contributed by atoms with van der Waals surface area (Å²) in [6.45, 7) is 3.11. The first-order valence-corrected chi connectivity index (χ1v) is 6.39. The number of Topliss-reactive ketones (excluding diaryl/α,β-unsaturated/α-hetero) is 1. The molecule has 1 aromatic heterocycles. The largest absolute Gasteiger partial charge is 0.448 e. The van der Waals surface area contributed by atoms with Gasteiger partial charge in [-0.3, -0.25) is 9.59 Å². The molecule has 1 rings (SSSR count). The fourth-order valence-electron chi connectivity index (χ4n) is 1.63. The Bertz CT molecular complexity index is 585. The maximum atomic E-state index is 11.9.